The van der Waals surface area contributed by atoms with Gasteiger partial charge in [-0.2, -0.15) is 0 Å². The third-order valence-electron chi connectivity index (χ3n) is 7.16. The molecule has 0 spiro atoms. The monoisotopic (exact) mass is 564 g/mol. The average Bonchev–Trinajstić information content (AvgIpc) is 3.21. The SMILES string of the molecule is Cc1ccc(N=C2C(=Nc3ccc(C)c4ccc[c-]c34)c3cccc4cccc2c34)c2[c-]cccc12.[Pd+2]. The van der Waals surface area contributed by atoms with Gasteiger partial charge in [0, 0.05) is 16.5 Å². The van der Waals surface area contributed by atoms with Crippen molar-refractivity contribution in [1.29, 1.82) is 0 Å². The summed E-state index contributed by atoms with van der Waals surface area (Å²) >= 11 is 0. The standard InChI is InChI=1S/C34H22N2.Pd/c1-21-17-19-30(26-13-5-3-11-24(21)26)35-33-28-15-7-9-23-10-8-16-29(32(23)28)34(33)36-31-20-18-22(2)25-12-4-6-14-27(25)31;/h3-12,15-20H,1-2H3;/q-2;+2. The molecule has 0 heterocycles. The van der Waals surface area contributed by atoms with Crippen LogP contribution in [-0.4, -0.2) is 11.4 Å². The summed E-state index contributed by atoms with van der Waals surface area (Å²) in [5.41, 5.74) is 8.28. The number of rotatable bonds is 2. The van der Waals surface area contributed by atoms with Gasteiger partial charge in [-0.25, -0.2) is 0 Å². The molecule has 0 amide bonds. The fourth-order valence-electron chi connectivity index (χ4n) is 5.35. The number of benzene rings is 6. The van der Waals surface area contributed by atoms with E-state index in [1.165, 1.54) is 32.7 Å². The maximum absolute atomic E-state index is 5.29. The second-order valence-electron chi connectivity index (χ2n) is 9.35. The van der Waals surface area contributed by atoms with Crippen LogP contribution in [0.1, 0.15) is 22.3 Å². The van der Waals surface area contributed by atoms with E-state index in [2.05, 4.69) is 98.8 Å². The summed E-state index contributed by atoms with van der Waals surface area (Å²) in [6.45, 7) is 4.26. The molecule has 0 fully saturated rings. The number of fused-ring (bicyclic) bond motifs is 2. The molecule has 6 aromatic rings. The van der Waals surface area contributed by atoms with Crippen LogP contribution in [0.15, 0.2) is 107 Å². The molecule has 0 radical (unpaired) electrons. The summed E-state index contributed by atoms with van der Waals surface area (Å²) in [5.74, 6) is 0. The van der Waals surface area contributed by atoms with Crippen molar-refractivity contribution >= 4 is 55.1 Å². The second-order valence-corrected chi connectivity index (χ2v) is 9.35. The number of hydrogen-bond donors (Lipinski definition) is 0. The predicted octanol–water partition coefficient (Wildman–Crippen LogP) is 8.62. The molecule has 0 saturated carbocycles. The molecule has 0 N–H and O–H groups in total. The minimum Gasteiger partial charge on any atom is -0.294 e. The van der Waals surface area contributed by atoms with Crippen LogP contribution in [0.5, 0.6) is 0 Å². The molecule has 2 nitrogen and oxygen atoms in total. The van der Waals surface area contributed by atoms with Crippen molar-refractivity contribution in [1.82, 2.24) is 0 Å². The van der Waals surface area contributed by atoms with E-state index >= 15 is 0 Å². The van der Waals surface area contributed by atoms with Crippen LogP contribution in [0.2, 0.25) is 0 Å². The van der Waals surface area contributed by atoms with E-state index in [1.807, 2.05) is 24.3 Å². The van der Waals surface area contributed by atoms with Gasteiger partial charge < -0.3 is 0 Å². The fraction of sp³-hybridized carbons (Fsp3) is 0.0588. The molecule has 178 valence electrons. The Kier molecular flexibility index (Phi) is 5.84. The van der Waals surface area contributed by atoms with Crippen molar-refractivity contribution < 1.29 is 20.4 Å². The van der Waals surface area contributed by atoms with E-state index in [9.17, 15) is 0 Å². The van der Waals surface area contributed by atoms with Gasteiger partial charge in [0.25, 0.3) is 0 Å². The van der Waals surface area contributed by atoms with Gasteiger partial charge in [0.05, 0.1) is 11.4 Å². The summed E-state index contributed by atoms with van der Waals surface area (Å²) in [7, 11) is 0. The molecule has 37 heavy (non-hydrogen) atoms. The van der Waals surface area contributed by atoms with E-state index in [4.69, 9.17) is 9.98 Å². The van der Waals surface area contributed by atoms with Crippen molar-refractivity contribution in [3.05, 3.63) is 131 Å². The molecule has 7 rings (SSSR count). The molecule has 6 aromatic carbocycles. The number of nitrogens with zero attached hydrogens (tertiary/aromatic N) is 2. The molecule has 0 aliphatic heterocycles. The maximum atomic E-state index is 5.29. The average molecular weight is 565 g/mol. The van der Waals surface area contributed by atoms with Crippen LogP contribution in [0.25, 0.3) is 32.3 Å². The zero-order valence-corrected chi connectivity index (χ0v) is 22.0. The van der Waals surface area contributed by atoms with Gasteiger partial charge in [0.15, 0.2) is 0 Å². The van der Waals surface area contributed by atoms with E-state index in [1.54, 1.807) is 0 Å². The predicted molar refractivity (Wildman–Crippen MR) is 151 cm³/mol. The zero-order chi connectivity index (χ0) is 24.2. The largest absolute Gasteiger partial charge is 2.00 e. The Labute approximate surface area is 230 Å². The van der Waals surface area contributed by atoms with Gasteiger partial charge in [-0.1, -0.05) is 71.8 Å². The van der Waals surface area contributed by atoms with Gasteiger partial charge in [-0.3, -0.25) is 9.98 Å². The smallest absolute Gasteiger partial charge is 0.294 e. The van der Waals surface area contributed by atoms with Crippen molar-refractivity contribution in [2.45, 2.75) is 13.8 Å². The Hall–Kier alpha value is -3.90. The molecule has 0 bridgehead atoms. The van der Waals surface area contributed by atoms with Crippen LogP contribution in [0.4, 0.5) is 11.4 Å². The first-order chi connectivity index (χ1) is 17.7. The molecule has 3 heteroatoms. The molecule has 0 atom stereocenters. The third kappa shape index (κ3) is 3.75. The van der Waals surface area contributed by atoms with Crippen LogP contribution >= 0.6 is 0 Å². The summed E-state index contributed by atoms with van der Waals surface area (Å²) in [6.07, 6.45) is 0. The van der Waals surface area contributed by atoms with Crippen molar-refractivity contribution in [2.75, 3.05) is 0 Å². The Balaban J connectivity index is 0.00000252. The van der Waals surface area contributed by atoms with Gasteiger partial charge in [-0.15, -0.1) is 70.1 Å². The zero-order valence-electron chi connectivity index (χ0n) is 20.4. The summed E-state index contributed by atoms with van der Waals surface area (Å²) in [6, 6.07) is 40.4. The Morgan fingerprint density at radius 3 is 1.51 bits per heavy atom. The molecular formula is C34H22N2Pd. The van der Waals surface area contributed by atoms with Crippen LogP contribution in [0, 0.1) is 26.0 Å². The van der Waals surface area contributed by atoms with Gasteiger partial charge in [0.1, 0.15) is 0 Å². The van der Waals surface area contributed by atoms with Crippen molar-refractivity contribution in [3.8, 4) is 0 Å². The minimum atomic E-state index is 0. The number of hydrogen-bond acceptors (Lipinski definition) is 2. The van der Waals surface area contributed by atoms with E-state index in [0.29, 0.717) is 0 Å². The third-order valence-corrected chi connectivity index (χ3v) is 7.16. The number of aliphatic imine (C=N–C) groups is 2. The summed E-state index contributed by atoms with van der Waals surface area (Å²) < 4.78 is 0. The van der Waals surface area contributed by atoms with Crippen molar-refractivity contribution in [2.24, 2.45) is 9.98 Å². The Bertz CT molecular complexity index is 1780. The normalized spacial score (nSPS) is 14.6. The van der Waals surface area contributed by atoms with E-state index in [-0.39, 0.29) is 20.4 Å². The van der Waals surface area contributed by atoms with E-state index < -0.39 is 0 Å². The van der Waals surface area contributed by atoms with Crippen LogP contribution in [0.3, 0.4) is 0 Å². The maximum Gasteiger partial charge on any atom is 2.00 e. The minimum absolute atomic E-state index is 0. The van der Waals surface area contributed by atoms with Crippen LogP contribution in [-0.2, 0) is 20.4 Å². The Morgan fingerprint density at radius 1 is 0.541 bits per heavy atom. The van der Waals surface area contributed by atoms with Crippen molar-refractivity contribution in [3.63, 3.8) is 0 Å². The molecule has 1 aliphatic carbocycles. The molecule has 0 unspecified atom stereocenters. The second kappa shape index (κ2) is 9.20. The first-order valence-corrected chi connectivity index (χ1v) is 12.2. The number of aryl methyl sites for hydroxylation is 2. The van der Waals surface area contributed by atoms with E-state index in [0.717, 1.165) is 44.7 Å². The Morgan fingerprint density at radius 2 is 1.03 bits per heavy atom. The summed E-state index contributed by atoms with van der Waals surface area (Å²) in [4.78, 5) is 10.6. The molecular weight excluding hydrogens is 543 g/mol. The molecule has 0 aromatic heterocycles. The fourth-order valence-corrected chi connectivity index (χ4v) is 5.35. The molecule has 1 aliphatic rings. The molecule has 0 saturated heterocycles. The van der Waals surface area contributed by atoms with Gasteiger partial charge in [-0.05, 0) is 30.6 Å². The first kappa shape index (κ1) is 23.5. The first-order valence-electron chi connectivity index (χ1n) is 12.2. The van der Waals surface area contributed by atoms with Gasteiger partial charge >= 0.3 is 20.4 Å². The van der Waals surface area contributed by atoms with Gasteiger partial charge in [0.2, 0.25) is 0 Å². The topological polar surface area (TPSA) is 24.7 Å². The van der Waals surface area contributed by atoms with Crippen LogP contribution < -0.4 is 0 Å². The summed E-state index contributed by atoms with van der Waals surface area (Å²) in [5, 5.41) is 6.81. The quantitative estimate of drug-likeness (QED) is 0.149.